The molecule has 0 saturated heterocycles. The molecule has 0 atom stereocenters. The van der Waals surface area contributed by atoms with Gasteiger partial charge in [0, 0.05) is 24.8 Å². The van der Waals surface area contributed by atoms with Gasteiger partial charge in [-0.25, -0.2) is 0 Å². The standard InChI is InChI=1S/C20H22N2O3/c1-14-15-5-3-6-16(11-15)25-13-20(23)22(2)9-4-10-24-17-7-8-19(21)18(14)12-17/h3,5-8,11-12H,1,4,9-10,13,21H2,2H3. The van der Waals surface area contributed by atoms with Crippen molar-refractivity contribution in [3.05, 3.63) is 60.2 Å². The zero-order valence-corrected chi connectivity index (χ0v) is 14.3. The molecule has 1 amide bonds. The van der Waals surface area contributed by atoms with Crippen molar-refractivity contribution in [3.8, 4) is 11.5 Å². The maximum atomic E-state index is 12.1. The topological polar surface area (TPSA) is 64.8 Å². The minimum absolute atomic E-state index is 0.00315. The number of carbonyl (C=O) groups is 1. The lowest BCUT2D eigenvalue weighted by Crippen LogP contribution is -2.32. The number of nitrogens with two attached hydrogens (primary N) is 1. The van der Waals surface area contributed by atoms with Crippen LogP contribution in [0.2, 0.25) is 0 Å². The molecule has 3 rings (SSSR count). The fraction of sp³-hybridized carbons (Fsp3) is 0.250. The molecule has 0 radical (unpaired) electrons. The highest BCUT2D eigenvalue weighted by atomic mass is 16.5. The third-order valence-electron chi connectivity index (χ3n) is 4.23. The zero-order valence-electron chi connectivity index (χ0n) is 14.3. The van der Waals surface area contributed by atoms with Gasteiger partial charge in [0.25, 0.3) is 5.91 Å². The lowest BCUT2D eigenvalue weighted by atomic mass is 9.98. The van der Waals surface area contributed by atoms with E-state index in [0.717, 1.165) is 28.9 Å². The SMILES string of the molecule is C=C1c2cccc(c2)OCC(=O)N(C)CCCOc2ccc(N)c1c2. The Labute approximate surface area is 147 Å². The lowest BCUT2D eigenvalue weighted by Gasteiger charge is -2.17. The Morgan fingerprint density at radius 1 is 1.12 bits per heavy atom. The second-order valence-corrected chi connectivity index (χ2v) is 6.06. The summed E-state index contributed by atoms with van der Waals surface area (Å²) in [6.07, 6.45) is 0.733. The van der Waals surface area contributed by atoms with Gasteiger partial charge in [0.1, 0.15) is 11.5 Å². The molecular weight excluding hydrogens is 316 g/mol. The summed E-state index contributed by atoms with van der Waals surface area (Å²) in [5, 5.41) is 0. The number of ether oxygens (including phenoxy) is 2. The molecule has 1 aliphatic heterocycles. The number of fused-ring (bicyclic) bond motifs is 4. The second kappa shape index (κ2) is 7.30. The molecule has 0 spiro atoms. The molecule has 0 aliphatic carbocycles. The van der Waals surface area contributed by atoms with Crippen LogP contribution in [-0.2, 0) is 4.79 Å². The monoisotopic (exact) mass is 338 g/mol. The molecule has 5 nitrogen and oxygen atoms in total. The van der Waals surface area contributed by atoms with E-state index in [4.69, 9.17) is 15.2 Å². The van der Waals surface area contributed by atoms with Crippen molar-refractivity contribution in [2.75, 3.05) is 32.5 Å². The van der Waals surface area contributed by atoms with Gasteiger partial charge in [0.15, 0.2) is 6.61 Å². The van der Waals surface area contributed by atoms with Crippen molar-refractivity contribution >= 4 is 17.2 Å². The van der Waals surface area contributed by atoms with Crippen molar-refractivity contribution in [1.29, 1.82) is 0 Å². The highest BCUT2D eigenvalue weighted by Crippen LogP contribution is 2.31. The van der Waals surface area contributed by atoms with Gasteiger partial charge in [-0.3, -0.25) is 4.79 Å². The first-order valence-corrected chi connectivity index (χ1v) is 8.23. The summed E-state index contributed by atoms with van der Waals surface area (Å²) < 4.78 is 11.4. The predicted molar refractivity (Wildman–Crippen MR) is 98.7 cm³/mol. The van der Waals surface area contributed by atoms with Crippen LogP contribution in [0, 0.1) is 0 Å². The summed E-state index contributed by atoms with van der Waals surface area (Å²) in [5.41, 5.74) is 9.27. The summed E-state index contributed by atoms with van der Waals surface area (Å²) >= 11 is 0. The fourth-order valence-corrected chi connectivity index (χ4v) is 2.69. The molecule has 1 heterocycles. The van der Waals surface area contributed by atoms with E-state index in [-0.39, 0.29) is 12.5 Å². The summed E-state index contributed by atoms with van der Waals surface area (Å²) in [7, 11) is 1.77. The number of nitrogens with zero attached hydrogens (tertiary/aromatic N) is 1. The van der Waals surface area contributed by atoms with Crippen molar-refractivity contribution in [3.63, 3.8) is 0 Å². The van der Waals surface area contributed by atoms with Gasteiger partial charge in [-0.1, -0.05) is 18.7 Å². The van der Waals surface area contributed by atoms with E-state index in [0.29, 0.717) is 24.6 Å². The van der Waals surface area contributed by atoms with E-state index in [1.54, 1.807) is 11.9 Å². The largest absolute Gasteiger partial charge is 0.494 e. The van der Waals surface area contributed by atoms with Crippen molar-refractivity contribution in [1.82, 2.24) is 4.90 Å². The molecule has 2 N–H and O–H groups in total. The molecular formula is C20H22N2O3. The fourth-order valence-electron chi connectivity index (χ4n) is 2.69. The van der Waals surface area contributed by atoms with Crippen LogP contribution in [-0.4, -0.2) is 37.6 Å². The summed E-state index contributed by atoms with van der Waals surface area (Å²) in [4.78, 5) is 13.8. The molecule has 0 unspecified atom stereocenters. The predicted octanol–water partition coefficient (Wildman–Crippen LogP) is 2.95. The Balaban J connectivity index is 1.97. The molecule has 2 aromatic carbocycles. The Morgan fingerprint density at radius 3 is 2.76 bits per heavy atom. The first kappa shape index (κ1) is 16.9. The van der Waals surface area contributed by atoms with Crippen LogP contribution in [0.5, 0.6) is 11.5 Å². The van der Waals surface area contributed by atoms with Gasteiger partial charge >= 0.3 is 0 Å². The smallest absolute Gasteiger partial charge is 0.260 e. The van der Waals surface area contributed by atoms with E-state index < -0.39 is 0 Å². The number of nitrogen functional groups attached to an aromatic ring is 1. The highest BCUT2D eigenvalue weighted by molar-refractivity contribution is 5.85. The van der Waals surface area contributed by atoms with Gasteiger partial charge in [0.05, 0.1) is 6.61 Å². The zero-order chi connectivity index (χ0) is 17.8. The van der Waals surface area contributed by atoms with Crippen LogP contribution < -0.4 is 15.2 Å². The van der Waals surface area contributed by atoms with E-state index in [1.165, 1.54) is 0 Å². The number of amides is 1. The number of likely N-dealkylation sites (N-methyl/N-ethyl adjacent to an activating group) is 1. The first-order valence-electron chi connectivity index (χ1n) is 8.23. The van der Waals surface area contributed by atoms with Gasteiger partial charge in [-0.05, 0) is 47.9 Å². The molecule has 130 valence electrons. The maximum Gasteiger partial charge on any atom is 0.260 e. The van der Waals surface area contributed by atoms with Gasteiger partial charge < -0.3 is 20.1 Å². The minimum atomic E-state index is -0.0658. The summed E-state index contributed by atoms with van der Waals surface area (Å²) in [6, 6.07) is 13.1. The van der Waals surface area contributed by atoms with Crippen LogP contribution >= 0.6 is 0 Å². The molecule has 4 bridgehead atoms. The summed E-state index contributed by atoms with van der Waals surface area (Å²) in [6.45, 7) is 5.30. The Kier molecular flexibility index (Phi) is 4.93. The van der Waals surface area contributed by atoms with E-state index in [9.17, 15) is 4.79 Å². The van der Waals surface area contributed by atoms with Crippen LogP contribution in [0.15, 0.2) is 49.0 Å². The first-order chi connectivity index (χ1) is 12.0. The van der Waals surface area contributed by atoms with Crippen LogP contribution in [0.1, 0.15) is 17.5 Å². The number of carbonyl (C=O) groups excluding carboxylic acids is 1. The molecule has 0 saturated carbocycles. The van der Waals surface area contributed by atoms with Gasteiger partial charge in [-0.15, -0.1) is 0 Å². The van der Waals surface area contributed by atoms with Crippen LogP contribution in [0.25, 0.3) is 5.57 Å². The van der Waals surface area contributed by atoms with E-state index in [2.05, 4.69) is 6.58 Å². The number of benzene rings is 2. The number of rotatable bonds is 0. The normalized spacial score (nSPS) is 15.6. The average molecular weight is 338 g/mol. The van der Waals surface area contributed by atoms with Gasteiger partial charge in [-0.2, -0.15) is 0 Å². The quantitative estimate of drug-likeness (QED) is 0.750. The summed E-state index contributed by atoms with van der Waals surface area (Å²) in [5.74, 6) is 1.30. The molecule has 25 heavy (non-hydrogen) atoms. The van der Waals surface area contributed by atoms with Crippen LogP contribution in [0.4, 0.5) is 5.69 Å². The molecule has 1 aliphatic rings. The Morgan fingerprint density at radius 2 is 1.92 bits per heavy atom. The maximum absolute atomic E-state index is 12.1. The van der Waals surface area contributed by atoms with Crippen molar-refractivity contribution in [2.45, 2.75) is 6.42 Å². The van der Waals surface area contributed by atoms with Crippen molar-refractivity contribution < 1.29 is 14.3 Å². The van der Waals surface area contributed by atoms with Gasteiger partial charge in [0.2, 0.25) is 0 Å². The highest BCUT2D eigenvalue weighted by Gasteiger charge is 2.13. The molecule has 5 heteroatoms. The number of hydrogen-bond acceptors (Lipinski definition) is 4. The molecule has 2 aromatic rings. The minimum Gasteiger partial charge on any atom is -0.494 e. The third-order valence-corrected chi connectivity index (χ3v) is 4.23. The Bertz CT molecular complexity index is 801. The lowest BCUT2D eigenvalue weighted by molar-refractivity contribution is -0.132. The molecule has 0 aromatic heterocycles. The number of anilines is 1. The average Bonchev–Trinajstić information content (AvgIpc) is 2.63. The van der Waals surface area contributed by atoms with E-state index in [1.807, 2.05) is 42.5 Å². The third kappa shape index (κ3) is 3.94. The van der Waals surface area contributed by atoms with Crippen LogP contribution in [0.3, 0.4) is 0 Å². The number of hydrogen-bond donors (Lipinski definition) is 1. The van der Waals surface area contributed by atoms with Crippen molar-refractivity contribution in [2.24, 2.45) is 0 Å². The second-order valence-electron chi connectivity index (χ2n) is 6.06. The Hall–Kier alpha value is -2.95. The van der Waals surface area contributed by atoms with E-state index >= 15 is 0 Å². The molecule has 0 fully saturated rings.